The molecule has 3 aromatic rings. The van der Waals surface area contributed by atoms with Gasteiger partial charge in [-0.1, -0.05) is 12.1 Å². The average molecular weight is 390 g/mol. The number of fused-ring (bicyclic) bond motifs is 1. The lowest BCUT2D eigenvalue weighted by molar-refractivity contribution is 0.100. The Hall–Kier alpha value is -3.19. The molecule has 0 spiro atoms. The number of para-hydroxylation sites is 1. The van der Waals surface area contributed by atoms with Crippen LogP contribution in [0.15, 0.2) is 48.8 Å². The van der Waals surface area contributed by atoms with Crippen LogP contribution in [-0.4, -0.2) is 47.0 Å². The minimum atomic E-state index is -0.496. The molecule has 150 valence electrons. The molecule has 0 unspecified atom stereocenters. The quantitative estimate of drug-likeness (QED) is 0.602. The third-order valence-corrected chi connectivity index (χ3v) is 5.40. The van der Waals surface area contributed by atoms with Crippen molar-refractivity contribution in [1.82, 2.24) is 14.9 Å². The maximum atomic E-state index is 11.9. The molecule has 1 aromatic heterocycles. The van der Waals surface area contributed by atoms with E-state index in [0.29, 0.717) is 16.8 Å². The third kappa shape index (κ3) is 4.14. The summed E-state index contributed by atoms with van der Waals surface area (Å²) in [6, 6.07) is 13.2. The topological polar surface area (TPSA) is 101 Å². The first-order chi connectivity index (χ1) is 14.1. The van der Waals surface area contributed by atoms with Crippen molar-refractivity contribution in [2.75, 3.05) is 36.8 Å². The number of benzene rings is 2. The molecular weight excluding hydrogens is 364 g/mol. The van der Waals surface area contributed by atoms with Crippen LogP contribution in [0, 0.1) is 0 Å². The summed E-state index contributed by atoms with van der Waals surface area (Å²) in [5.74, 6) is 0.259. The Morgan fingerprint density at radius 1 is 1.10 bits per heavy atom. The lowest BCUT2D eigenvalue weighted by atomic mass is 10.1. The standard InChI is InChI=1S/C22H26N6O/c23-16-6-3-7-17(14-16)28(13-5-12-27-10-1-2-11-27)22-19-9-4-8-18(21(24)29)20(19)25-15-26-22/h3-4,6-9,14-15H,1-2,5,10-13,23H2,(H2,24,29). The summed E-state index contributed by atoms with van der Waals surface area (Å²) in [5, 5.41) is 0.799. The number of hydrogen-bond donors (Lipinski definition) is 2. The molecule has 0 saturated carbocycles. The second-order valence-electron chi connectivity index (χ2n) is 7.41. The van der Waals surface area contributed by atoms with Crippen molar-refractivity contribution in [2.45, 2.75) is 19.3 Å². The molecule has 1 aliphatic heterocycles. The summed E-state index contributed by atoms with van der Waals surface area (Å²) in [5.41, 5.74) is 14.2. The fraction of sp³-hybridized carbons (Fsp3) is 0.318. The predicted octanol–water partition coefficient (Wildman–Crippen LogP) is 2.93. The number of aromatic nitrogens is 2. The van der Waals surface area contributed by atoms with Gasteiger partial charge in [0, 0.05) is 23.3 Å². The van der Waals surface area contributed by atoms with Gasteiger partial charge in [0.25, 0.3) is 5.91 Å². The number of rotatable bonds is 7. The molecule has 2 heterocycles. The Morgan fingerprint density at radius 2 is 1.90 bits per heavy atom. The molecule has 0 radical (unpaired) electrons. The second-order valence-corrected chi connectivity index (χ2v) is 7.41. The first-order valence-electron chi connectivity index (χ1n) is 10.0. The number of nitrogens with zero attached hydrogens (tertiary/aromatic N) is 4. The van der Waals surface area contributed by atoms with E-state index < -0.39 is 5.91 Å². The number of carbonyl (C=O) groups is 1. The van der Waals surface area contributed by atoms with E-state index >= 15 is 0 Å². The maximum Gasteiger partial charge on any atom is 0.250 e. The molecule has 1 saturated heterocycles. The van der Waals surface area contributed by atoms with Crippen LogP contribution in [0.4, 0.5) is 17.2 Å². The van der Waals surface area contributed by atoms with Crippen LogP contribution in [0.2, 0.25) is 0 Å². The first-order valence-corrected chi connectivity index (χ1v) is 10.0. The number of likely N-dealkylation sites (tertiary alicyclic amines) is 1. The monoisotopic (exact) mass is 390 g/mol. The van der Waals surface area contributed by atoms with Gasteiger partial charge in [0.05, 0.1) is 11.1 Å². The van der Waals surface area contributed by atoms with Gasteiger partial charge in [0.1, 0.15) is 12.1 Å². The highest BCUT2D eigenvalue weighted by Gasteiger charge is 2.18. The molecule has 0 aliphatic carbocycles. The van der Waals surface area contributed by atoms with Crippen LogP contribution in [0.3, 0.4) is 0 Å². The average Bonchev–Trinajstić information content (AvgIpc) is 3.24. The van der Waals surface area contributed by atoms with Gasteiger partial charge >= 0.3 is 0 Å². The number of amides is 1. The van der Waals surface area contributed by atoms with Crippen molar-refractivity contribution in [3.05, 3.63) is 54.4 Å². The number of carbonyl (C=O) groups excluding carboxylic acids is 1. The van der Waals surface area contributed by atoms with E-state index in [1.165, 1.54) is 32.3 Å². The van der Waals surface area contributed by atoms with Crippen molar-refractivity contribution in [3.63, 3.8) is 0 Å². The van der Waals surface area contributed by atoms with Crippen molar-refractivity contribution in [3.8, 4) is 0 Å². The molecule has 29 heavy (non-hydrogen) atoms. The molecule has 7 heteroatoms. The van der Waals surface area contributed by atoms with Crippen LogP contribution < -0.4 is 16.4 Å². The second kappa shape index (κ2) is 8.45. The smallest absolute Gasteiger partial charge is 0.250 e. The number of anilines is 3. The summed E-state index contributed by atoms with van der Waals surface area (Å²) in [6.45, 7) is 4.19. The van der Waals surface area contributed by atoms with Gasteiger partial charge in [0.15, 0.2) is 0 Å². The highest BCUT2D eigenvalue weighted by molar-refractivity contribution is 6.07. The van der Waals surface area contributed by atoms with Gasteiger partial charge in [-0.3, -0.25) is 4.79 Å². The zero-order valence-electron chi connectivity index (χ0n) is 16.4. The number of nitrogen functional groups attached to an aromatic ring is 1. The minimum Gasteiger partial charge on any atom is -0.399 e. The largest absolute Gasteiger partial charge is 0.399 e. The van der Waals surface area contributed by atoms with E-state index in [2.05, 4.69) is 19.8 Å². The highest BCUT2D eigenvalue weighted by Crippen LogP contribution is 2.31. The molecule has 2 aromatic carbocycles. The van der Waals surface area contributed by atoms with Crippen LogP contribution >= 0.6 is 0 Å². The zero-order valence-corrected chi connectivity index (χ0v) is 16.4. The van der Waals surface area contributed by atoms with Crippen molar-refractivity contribution in [1.29, 1.82) is 0 Å². The normalized spacial score (nSPS) is 14.3. The minimum absolute atomic E-state index is 0.399. The SMILES string of the molecule is NC(=O)c1cccc2c(N(CCCN3CCCC3)c3cccc(N)c3)ncnc12. The van der Waals surface area contributed by atoms with E-state index in [1.54, 1.807) is 6.07 Å². The highest BCUT2D eigenvalue weighted by atomic mass is 16.1. The Morgan fingerprint density at radius 3 is 2.66 bits per heavy atom. The van der Waals surface area contributed by atoms with E-state index in [4.69, 9.17) is 11.5 Å². The summed E-state index contributed by atoms with van der Waals surface area (Å²) < 4.78 is 0. The fourth-order valence-corrected chi connectivity index (χ4v) is 4.00. The van der Waals surface area contributed by atoms with E-state index in [0.717, 1.165) is 36.4 Å². The lowest BCUT2D eigenvalue weighted by Gasteiger charge is -2.26. The molecule has 0 atom stereocenters. The Bertz CT molecular complexity index is 1020. The van der Waals surface area contributed by atoms with Crippen LogP contribution in [-0.2, 0) is 0 Å². The Balaban J connectivity index is 1.72. The van der Waals surface area contributed by atoms with E-state index in [9.17, 15) is 4.79 Å². The van der Waals surface area contributed by atoms with Gasteiger partial charge in [-0.25, -0.2) is 9.97 Å². The molecular formula is C22H26N6O. The number of hydrogen-bond acceptors (Lipinski definition) is 6. The lowest BCUT2D eigenvalue weighted by Crippen LogP contribution is -2.26. The van der Waals surface area contributed by atoms with Crippen molar-refractivity contribution in [2.24, 2.45) is 5.73 Å². The molecule has 4 N–H and O–H groups in total. The Labute approximate surface area is 170 Å². The number of nitrogens with two attached hydrogens (primary N) is 2. The van der Waals surface area contributed by atoms with Gasteiger partial charge in [-0.05, 0) is 69.2 Å². The predicted molar refractivity (Wildman–Crippen MR) is 116 cm³/mol. The summed E-state index contributed by atoms with van der Waals surface area (Å²) in [6.07, 6.45) is 5.05. The zero-order chi connectivity index (χ0) is 20.2. The van der Waals surface area contributed by atoms with Gasteiger partial charge in [-0.15, -0.1) is 0 Å². The molecule has 1 amide bonds. The van der Waals surface area contributed by atoms with Crippen LogP contribution in [0.25, 0.3) is 10.9 Å². The summed E-state index contributed by atoms with van der Waals surface area (Å²) in [4.78, 5) is 25.4. The summed E-state index contributed by atoms with van der Waals surface area (Å²) >= 11 is 0. The first kappa shape index (κ1) is 19.1. The summed E-state index contributed by atoms with van der Waals surface area (Å²) in [7, 11) is 0. The van der Waals surface area contributed by atoms with E-state index in [-0.39, 0.29) is 0 Å². The van der Waals surface area contributed by atoms with Crippen molar-refractivity contribution < 1.29 is 4.79 Å². The van der Waals surface area contributed by atoms with Crippen LogP contribution in [0.1, 0.15) is 29.6 Å². The maximum absolute atomic E-state index is 11.9. The third-order valence-electron chi connectivity index (χ3n) is 5.40. The Kier molecular flexibility index (Phi) is 5.57. The van der Waals surface area contributed by atoms with Gasteiger partial charge in [-0.2, -0.15) is 0 Å². The van der Waals surface area contributed by atoms with Crippen LogP contribution in [0.5, 0.6) is 0 Å². The van der Waals surface area contributed by atoms with Crippen molar-refractivity contribution >= 4 is 34.0 Å². The molecule has 0 bridgehead atoms. The fourth-order valence-electron chi connectivity index (χ4n) is 4.00. The van der Waals surface area contributed by atoms with E-state index in [1.807, 2.05) is 36.4 Å². The number of primary amides is 1. The molecule has 1 fully saturated rings. The van der Waals surface area contributed by atoms with Gasteiger partial charge < -0.3 is 21.3 Å². The molecule has 7 nitrogen and oxygen atoms in total. The molecule has 1 aliphatic rings. The molecule has 4 rings (SSSR count). The van der Waals surface area contributed by atoms with Gasteiger partial charge in [0.2, 0.25) is 0 Å².